The van der Waals surface area contributed by atoms with Crippen molar-refractivity contribution >= 4 is 16.0 Å². The van der Waals surface area contributed by atoms with Crippen LogP contribution in [-0.4, -0.2) is 31.2 Å². The molecule has 0 aliphatic heterocycles. The van der Waals surface area contributed by atoms with Crippen LogP contribution in [0.2, 0.25) is 0 Å². The third-order valence-electron chi connectivity index (χ3n) is 1.29. The maximum absolute atomic E-state index is 10.9. The van der Waals surface area contributed by atoms with Crippen molar-refractivity contribution in [3.05, 3.63) is 12.2 Å². The molecule has 0 spiro atoms. The van der Waals surface area contributed by atoms with Crippen molar-refractivity contribution in [1.29, 1.82) is 0 Å². The van der Waals surface area contributed by atoms with E-state index < -0.39 is 10.1 Å². The largest absolute Gasteiger partial charge is 0.288 e. The number of carbonyl (C=O) groups is 1. The first-order chi connectivity index (χ1) is 6.33. The molecule has 0 aromatic carbocycles. The Morgan fingerprint density at radius 3 is 2.50 bits per heavy atom. The highest BCUT2D eigenvalue weighted by molar-refractivity contribution is 7.85. The minimum atomic E-state index is -3.91. The van der Waals surface area contributed by atoms with E-state index in [1.807, 2.05) is 0 Å². The second kappa shape index (κ2) is 5.74. The predicted molar refractivity (Wildman–Crippen MR) is 52.0 cm³/mol. The molecule has 0 aliphatic rings. The van der Waals surface area contributed by atoms with Gasteiger partial charge in [0.15, 0.2) is 0 Å². The molecule has 0 saturated carbocycles. The summed E-state index contributed by atoms with van der Waals surface area (Å²) in [5.74, 6) is -0.681. The molecule has 1 amide bonds. The first kappa shape index (κ1) is 13.1. The van der Waals surface area contributed by atoms with Crippen LogP contribution < -0.4 is 10.9 Å². The first-order valence-corrected chi connectivity index (χ1v) is 5.57. The SMILES string of the molecule is C=C(C)C(=O)NNCCCS(=O)(=O)O. The Kier molecular flexibility index (Phi) is 5.36. The third-order valence-corrected chi connectivity index (χ3v) is 2.10. The summed E-state index contributed by atoms with van der Waals surface area (Å²) in [4.78, 5) is 10.9. The zero-order valence-corrected chi connectivity index (χ0v) is 8.73. The molecule has 0 saturated heterocycles. The second-order valence-electron chi connectivity index (χ2n) is 2.80. The summed E-state index contributed by atoms with van der Waals surface area (Å²) >= 11 is 0. The van der Waals surface area contributed by atoms with Gasteiger partial charge in [0.2, 0.25) is 0 Å². The molecule has 0 bridgehead atoms. The summed E-state index contributed by atoms with van der Waals surface area (Å²) in [6.45, 7) is 5.22. The first-order valence-electron chi connectivity index (χ1n) is 3.97. The van der Waals surface area contributed by atoms with Crippen molar-refractivity contribution in [2.45, 2.75) is 13.3 Å². The Morgan fingerprint density at radius 2 is 2.07 bits per heavy atom. The van der Waals surface area contributed by atoms with Crippen LogP contribution in [0.25, 0.3) is 0 Å². The van der Waals surface area contributed by atoms with E-state index in [2.05, 4.69) is 17.4 Å². The maximum atomic E-state index is 10.9. The van der Waals surface area contributed by atoms with Gasteiger partial charge in [0.25, 0.3) is 16.0 Å². The Morgan fingerprint density at radius 1 is 1.50 bits per heavy atom. The predicted octanol–water partition coefficient (Wildman–Crippen LogP) is -0.539. The molecule has 0 aromatic rings. The zero-order valence-electron chi connectivity index (χ0n) is 7.91. The summed E-state index contributed by atoms with van der Waals surface area (Å²) < 4.78 is 28.9. The molecular formula is C7H14N2O4S. The smallest absolute Gasteiger partial charge is 0.264 e. The number of rotatable bonds is 6. The van der Waals surface area contributed by atoms with Gasteiger partial charge in [-0.25, -0.2) is 5.43 Å². The van der Waals surface area contributed by atoms with Crippen molar-refractivity contribution in [2.75, 3.05) is 12.3 Å². The molecule has 82 valence electrons. The summed E-state index contributed by atoms with van der Waals surface area (Å²) in [6.07, 6.45) is 0.218. The molecule has 0 rings (SSSR count). The van der Waals surface area contributed by atoms with Crippen LogP contribution in [0.1, 0.15) is 13.3 Å². The lowest BCUT2D eigenvalue weighted by molar-refractivity contribution is -0.118. The van der Waals surface area contributed by atoms with Gasteiger partial charge in [-0.05, 0) is 13.3 Å². The van der Waals surface area contributed by atoms with Gasteiger partial charge in [0, 0.05) is 12.1 Å². The van der Waals surface area contributed by atoms with Crippen molar-refractivity contribution < 1.29 is 17.8 Å². The Bertz CT molecular complexity index is 310. The monoisotopic (exact) mass is 222 g/mol. The molecular weight excluding hydrogens is 208 g/mol. The fourth-order valence-electron chi connectivity index (χ4n) is 0.592. The topological polar surface area (TPSA) is 95.5 Å². The minimum absolute atomic E-state index is 0.218. The van der Waals surface area contributed by atoms with Crippen LogP contribution in [0, 0.1) is 0 Å². The highest BCUT2D eigenvalue weighted by Crippen LogP contribution is 1.86. The van der Waals surface area contributed by atoms with Crippen molar-refractivity contribution in [3.8, 4) is 0 Å². The van der Waals surface area contributed by atoms with E-state index in [-0.39, 0.29) is 24.6 Å². The van der Waals surface area contributed by atoms with Gasteiger partial charge in [0.1, 0.15) is 0 Å². The average molecular weight is 222 g/mol. The van der Waals surface area contributed by atoms with E-state index >= 15 is 0 Å². The summed E-state index contributed by atoms with van der Waals surface area (Å²) in [5.41, 5.74) is 5.16. The standard InChI is InChI=1S/C7H14N2O4S/c1-6(2)7(10)9-8-4-3-5-14(11,12)13/h8H,1,3-5H2,2H3,(H,9,10)(H,11,12,13). The number of hydrogen-bond acceptors (Lipinski definition) is 4. The van der Waals surface area contributed by atoms with Crippen LogP contribution in [0.3, 0.4) is 0 Å². The lowest BCUT2D eigenvalue weighted by atomic mass is 10.3. The molecule has 0 unspecified atom stereocenters. The Labute approximate surface area is 83.1 Å². The average Bonchev–Trinajstić information content (AvgIpc) is 2.01. The Balaban J connectivity index is 3.49. The number of amides is 1. The van der Waals surface area contributed by atoms with E-state index in [1.54, 1.807) is 6.92 Å². The molecule has 7 heteroatoms. The zero-order chi connectivity index (χ0) is 11.2. The molecule has 0 radical (unpaired) electrons. The van der Waals surface area contributed by atoms with E-state index in [4.69, 9.17) is 4.55 Å². The van der Waals surface area contributed by atoms with Crippen molar-refractivity contribution in [1.82, 2.24) is 10.9 Å². The summed E-state index contributed by atoms with van der Waals surface area (Å²) in [5, 5.41) is 0. The minimum Gasteiger partial charge on any atom is -0.288 e. The summed E-state index contributed by atoms with van der Waals surface area (Å²) in [6, 6.07) is 0. The number of carbonyl (C=O) groups excluding carboxylic acids is 1. The fraction of sp³-hybridized carbons (Fsp3) is 0.571. The van der Waals surface area contributed by atoms with Gasteiger partial charge < -0.3 is 0 Å². The summed E-state index contributed by atoms with van der Waals surface area (Å²) in [7, 11) is -3.91. The normalized spacial score (nSPS) is 11.0. The molecule has 0 heterocycles. The molecule has 0 fully saturated rings. The van der Waals surface area contributed by atoms with Gasteiger partial charge in [-0.2, -0.15) is 8.42 Å². The molecule has 0 aromatic heterocycles. The third kappa shape index (κ3) is 7.71. The second-order valence-corrected chi connectivity index (χ2v) is 4.37. The van der Waals surface area contributed by atoms with Crippen LogP contribution in [0.15, 0.2) is 12.2 Å². The number of hydrazine groups is 1. The van der Waals surface area contributed by atoms with Gasteiger partial charge in [0.05, 0.1) is 5.75 Å². The number of hydrogen-bond donors (Lipinski definition) is 3. The van der Waals surface area contributed by atoms with Gasteiger partial charge >= 0.3 is 0 Å². The Hall–Kier alpha value is -0.920. The lowest BCUT2D eigenvalue weighted by Gasteiger charge is -2.05. The lowest BCUT2D eigenvalue weighted by Crippen LogP contribution is -2.38. The molecule has 0 aliphatic carbocycles. The molecule has 0 atom stereocenters. The fourth-order valence-corrected chi connectivity index (χ4v) is 1.10. The van der Waals surface area contributed by atoms with Crippen molar-refractivity contribution in [3.63, 3.8) is 0 Å². The van der Waals surface area contributed by atoms with Gasteiger partial charge in [-0.15, -0.1) is 0 Å². The van der Waals surface area contributed by atoms with Gasteiger partial charge in [-0.1, -0.05) is 6.58 Å². The van der Waals surface area contributed by atoms with E-state index in [0.29, 0.717) is 5.57 Å². The highest BCUT2D eigenvalue weighted by Gasteiger charge is 2.03. The van der Waals surface area contributed by atoms with E-state index in [9.17, 15) is 13.2 Å². The molecule has 14 heavy (non-hydrogen) atoms. The van der Waals surface area contributed by atoms with E-state index in [0.717, 1.165) is 0 Å². The van der Waals surface area contributed by atoms with Gasteiger partial charge in [-0.3, -0.25) is 14.8 Å². The van der Waals surface area contributed by atoms with E-state index in [1.165, 1.54) is 0 Å². The van der Waals surface area contributed by atoms with Crippen LogP contribution in [-0.2, 0) is 14.9 Å². The molecule has 6 nitrogen and oxygen atoms in total. The van der Waals surface area contributed by atoms with Crippen LogP contribution in [0.4, 0.5) is 0 Å². The van der Waals surface area contributed by atoms with Crippen LogP contribution >= 0.6 is 0 Å². The maximum Gasteiger partial charge on any atom is 0.264 e. The van der Waals surface area contributed by atoms with Crippen molar-refractivity contribution in [2.24, 2.45) is 0 Å². The molecule has 3 N–H and O–H groups in total. The van der Waals surface area contributed by atoms with Crippen LogP contribution in [0.5, 0.6) is 0 Å². The quantitative estimate of drug-likeness (QED) is 0.243. The highest BCUT2D eigenvalue weighted by atomic mass is 32.2. The number of nitrogens with one attached hydrogen (secondary N) is 2.